The van der Waals surface area contributed by atoms with Crippen molar-refractivity contribution in [1.82, 2.24) is 0 Å². The molecule has 0 bridgehead atoms. The normalized spacial score (nSPS) is 11.5. The number of nitrogens with one attached hydrogen (secondary N) is 1. The topological polar surface area (TPSA) is 136 Å². The number of anilines is 1. The molecule has 0 aromatic heterocycles. The Hall–Kier alpha value is -3.93. The minimum atomic E-state index is -4.03. The van der Waals surface area contributed by atoms with Crippen LogP contribution in [0.2, 0.25) is 0 Å². The number of rotatable bonds is 11. The molecule has 2 aromatic carbocycles. The molecule has 2 rings (SSSR count). The fourth-order valence-corrected chi connectivity index (χ4v) is 3.84. The third-order valence-electron chi connectivity index (χ3n) is 4.68. The van der Waals surface area contributed by atoms with Crippen molar-refractivity contribution in [3.63, 3.8) is 0 Å². The second-order valence-electron chi connectivity index (χ2n) is 7.75. The number of carbonyl (C=O) groups is 2. The zero-order chi connectivity index (χ0) is 27.1. The molecule has 0 spiro atoms. The van der Waals surface area contributed by atoms with Gasteiger partial charge in [-0.15, -0.1) is 0 Å². The lowest BCUT2D eigenvalue weighted by molar-refractivity contribution is -0.170. The Kier molecular flexibility index (Phi) is 9.17. The first-order valence-corrected chi connectivity index (χ1v) is 12.0. The monoisotopic (exact) mass is 523 g/mol. The zero-order valence-corrected chi connectivity index (χ0v) is 21.8. The van der Waals surface area contributed by atoms with Crippen molar-refractivity contribution in [1.29, 1.82) is 0 Å². The summed E-state index contributed by atoms with van der Waals surface area (Å²) in [7, 11) is 1.67. The van der Waals surface area contributed by atoms with Crippen LogP contribution in [0.3, 0.4) is 0 Å². The minimum absolute atomic E-state index is 0.0783. The van der Waals surface area contributed by atoms with Crippen LogP contribution in [0.5, 0.6) is 28.7 Å². The highest BCUT2D eigenvalue weighted by Crippen LogP contribution is 2.36. The Balaban J connectivity index is 2.33. The summed E-state index contributed by atoms with van der Waals surface area (Å²) in [5, 5.41) is 0.930. The maximum atomic E-state index is 12.8. The Morgan fingerprint density at radius 1 is 0.861 bits per heavy atom. The van der Waals surface area contributed by atoms with Gasteiger partial charge in [-0.3, -0.25) is 9.52 Å². The van der Waals surface area contributed by atoms with E-state index in [0.29, 0.717) is 22.8 Å². The fraction of sp³-hybridized carbons (Fsp3) is 0.333. The lowest BCUT2D eigenvalue weighted by Crippen LogP contribution is -2.40. The number of hydrogen-bond donors (Lipinski definition) is 1. The van der Waals surface area contributed by atoms with E-state index < -0.39 is 27.6 Å². The molecule has 0 fully saturated rings. The average molecular weight is 524 g/mol. The molecule has 36 heavy (non-hydrogen) atoms. The van der Waals surface area contributed by atoms with Crippen molar-refractivity contribution in [3.05, 3.63) is 41.3 Å². The van der Waals surface area contributed by atoms with Gasteiger partial charge >= 0.3 is 11.9 Å². The third-order valence-corrected chi connectivity index (χ3v) is 5.70. The van der Waals surface area contributed by atoms with E-state index in [9.17, 15) is 18.0 Å². The molecular formula is C24H29NO10S. The largest absolute Gasteiger partial charge is 0.496 e. The van der Waals surface area contributed by atoms with E-state index in [2.05, 4.69) is 4.72 Å². The van der Waals surface area contributed by atoms with E-state index in [1.54, 1.807) is 12.1 Å². The van der Waals surface area contributed by atoms with Gasteiger partial charge in [-0.2, -0.15) is 0 Å². The Morgan fingerprint density at radius 3 is 1.94 bits per heavy atom. The van der Waals surface area contributed by atoms with Crippen molar-refractivity contribution in [3.8, 4) is 28.7 Å². The molecule has 0 heterocycles. The quantitative estimate of drug-likeness (QED) is 0.345. The molecule has 0 atom stereocenters. The highest BCUT2D eigenvalue weighted by atomic mass is 32.2. The molecule has 12 heteroatoms. The number of carbonyl (C=O) groups excluding carboxylic acids is 2. The van der Waals surface area contributed by atoms with Gasteiger partial charge in [0, 0.05) is 25.1 Å². The van der Waals surface area contributed by atoms with Crippen LogP contribution in [0, 0.1) is 0 Å². The van der Waals surface area contributed by atoms with E-state index >= 15 is 0 Å². The fourth-order valence-electron chi connectivity index (χ4n) is 3.00. The van der Waals surface area contributed by atoms with Crippen LogP contribution in [0.4, 0.5) is 5.69 Å². The second-order valence-corrected chi connectivity index (χ2v) is 9.32. The van der Waals surface area contributed by atoms with Gasteiger partial charge in [-0.1, -0.05) is 0 Å². The van der Waals surface area contributed by atoms with E-state index in [1.165, 1.54) is 66.6 Å². The maximum Gasteiger partial charge on any atom is 0.355 e. The molecule has 1 N–H and O–H groups in total. The van der Waals surface area contributed by atoms with Crippen LogP contribution < -0.4 is 28.4 Å². The van der Waals surface area contributed by atoms with E-state index in [-0.39, 0.29) is 17.2 Å². The van der Waals surface area contributed by atoms with Crippen LogP contribution in [0.25, 0.3) is 6.08 Å². The molecule has 2 aromatic rings. The molecule has 0 aliphatic heterocycles. The van der Waals surface area contributed by atoms with Crippen LogP contribution in [0.1, 0.15) is 26.3 Å². The van der Waals surface area contributed by atoms with Gasteiger partial charge in [0.25, 0.3) is 10.0 Å². The summed E-state index contributed by atoms with van der Waals surface area (Å²) < 4.78 is 59.2. The SMILES string of the molecule is COc1cc(OC)c(/C=C/S(=O)(=O)Nc2ccc(OC)c(OC(=O)C(C)(C)OC(C)=O)c2)c(OC)c1. The summed E-state index contributed by atoms with van der Waals surface area (Å²) >= 11 is 0. The molecule has 0 unspecified atom stereocenters. The predicted octanol–water partition coefficient (Wildman–Crippen LogP) is 3.38. The van der Waals surface area contributed by atoms with Crippen LogP contribution >= 0.6 is 0 Å². The number of ether oxygens (including phenoxy) is 6. The number of hydrogen-bond acceptors (Lipinski definition) is 10. The maximum absolute atomic E-state index is 12.8. The summed E-state index contributed by atoms with van der Waals surface area (Å²) in [5.74, 6) is -0.312. The lowest BCUT2D eigenvalue weighted by atomic mass is 10.1. The van der Waals surface area contributed by atoms with Crippen molar-refractivity contribution in [2.75, 3.05) is 33.2 Å². The molecule has 0 aliphatic carbocycles. The van der Waals surface area contributed by atoms with Crippen LogP contribution in [0.15, 0.2) is 35.7 Å². The molecule has 0 saturated carbocycles. The molecule has 0 amide bonds. The molecular weight excluding hydrogens is 494 g/mol. The van der Waals surface area contributed by atoms with Gasteiger partial charge in [0.15, 0.2) is 11.5 Å². The standard InChI is InChI=1S/C24H29NO10S/c1-15(26)35-24(2,3)23(27)34-22-12-16(8-9-19(22)31-5)25-36(28,29)11-10-18-20(32-6)13-17(30-4)14-21(18)33-7/h8-14,25H,1-7H3/b11-10+. The summed E-state index contributed by atoms with van der Waals surface area (Å²) in [6.45, 7) is 3.89. The van der Waals surface area contributed by atoms with Crippen molar-refractivity contribution in [2.45, 2.75) is 26.4 Å². The zero-order valence-electron chi connectivity index (χ0n) is 21.0. The number of methoxy groups -OCH3 is 4. The van der Waals surface area contributed by atoms with E-state index in [4.69, 9.17) is 28.4 Å². The second kappa shape index (κ2) is 11.7. The molecule has 0 radical (unpaired) electrons. The van der Waals surface area contributed by atoms with Gasteiger partial charge in [-0.05, 0) is 32.1 Å². The molecule has 0 saturated heterocycles. The van der Waals surface area contributed by atoms with E-state index in [0.717, 1.165) is 12.3 Å². The molecule has 0 aliphatic rings. The smallest absolute Gasteiger partial charge is 0.355 e. The number of sulfonamides is 1. The van der Waals surface area contributed by atoms with Gasteiger partial charge in [0.2, 0.25) is 5.60 Å². The Morgan fingerprint density at radius 2 is 1.44 bits per heavy atom. The van der Waals surface area contributed by atoms with Crippen LogP contribution in [-0.4, -0.2) is 54.4 Å². The minimum Gasteiger partial charge on any atom is -0.496 e. The first kappa shape index (κ1) is 28.3. The van der Waals surface area contributed by atoms with E-state index in [1.807, 2.05) is 0 Å². The molecule has 11 nitrogen and oxygen atoms in total. The van der Waals surface area contributed by atoms with Gasteiger partial charge < -0.3 is 28.4 Å². The van der Waals surface area contributed by atoms with Gasteiger partial charge in [0.05, 0.1) is 45.1 Å². The van der Waals surface area contributed by atoms with Crippen LogP contribution in [-0.2, 0) is 24.3 Å². The average Bonchev–Trinajstić information content (AvgIpc) is 2.81. The highest BCUT2D eigenvalue weighted by molar-refractivity contribution is 7.95. The van der Waals surface area contributed by atoms with Gasteiger partial charge in [-0.25, -0.2) is 13.2 Å². The first-order chi connectivity index (χ1) is 16.9. The number of esters is 2. The highest BCUT2D eigenvalue weighted by Gasteiger charge is 2.34. The summed E-state index contributed by atoms with van der Waals surface area (Å²) in [4.78, 5) is 23.8. The first-order valence-electron chi connectivity index (χ1n) is 10.5. The van der Waals surface area contributed by atoms with Crippen molar-refractivity contribution >= 4 is 33.7 Å². The Labute approximate surface area is 209 Å². The Bertz CT molecular complexity index is 1230. The molecule has 196 valence electrons. The predicted molar refractivity (Wildman–Crippen MR) is 132 cm³/mol. The number of benzene rings is 2. The summed E-state index contributed by atoms with van der Waals surface area (Å²) in [6.07, 6.45) is 1.31. The van der Waals surface area contributed by atoms with Gasteiger partial charge in [0.1, 0.15) is 17.2 Å². The lowest BCUT2D eigenvalue weighted by Gasteiger charge is -2.22. The van der Waals surface area contributed by atoms with Crippen molar-refractivity contribution < 1.29 is 46.4 Å². The van der Waals surface area contributed by atoms with Crippen molar-refractivity contribution in [2.24, 2.45) is 0 Å². The summed E-state index contributed by atoms with van der Waals surface area (Å²) in [6, 6.07) is 7.28. The third kappa shape index (κ3) is 7.28. The summed E-state index contributed by atoms with van der Waals surface area (Å²) in [5.41, 5.74) is -1.11.